The number of ether oxygens (including phenoxy) is 1. The lowest BCUT2D eigenvalue weighted by Gasteiger charge is -2.13. The van der Waals surface area contributed by atoms with Gasteiger partial charge < -0.3 is 14.9 Å². The normalized spacial score (nSPS) is 12.2. The van der Waals surface area contributed by atoms with Crippen molar-refractivity contribution in [3.63, 3.8) is 0 Å². The lowest BCUT2D eigenvalue weighted by Crippen LogP contribution is -2.17. The molecule has 1 aromatic rings. The van der Waals surface area contributed by atoms with Gasteiger partial charge in [0.25, 0.3) is 0 Å². The first kappa shape index (κ1) is 12.8. The maximum atomic E-state index is 10.9. The Bertz CT molecular complexity index is 378. The maximum Gasteiger partial charge on any atom is 0.339 e. The second kappa shape index (κ2) is 5.72. The summed E-state index contributed by atoms with van der Waals surface area (Å²) in [5.41, 5.74) is -0.00389. The van der Waals surface area contributed by atoms with Gasteiger partial charge in [0.05, 0.1) is 11.1 Å². The van der Waals surface area contributed by atoms with E-state index in [1.807, 2.05) is 0 Å². The zero-order chi connectivity index (χ0) is 12.1. The molecule has 88 valence electrons. The van der Waals surface area contributed by atoms with Crippen molar-refractivity contribution < 1.29 is 19.7 Å². The molecule has 0 saturated carbocycles. The van der Waals surface area contributed by atoms with E-state index < -0.39 is 12.1 Å². The van der Waals surface area contributed by atoms with Crippen molar-refractivity contribution in [3.8, 4) is 5.75 Å². The van der Waals surface area contributed by atoms with Gasteiger partial charge >= 0.3 is 5.97 Å². The smallest absolute Gasteiger partial charge is 0.339 e. The van der Waals surface area contributed by atoms with Gasteiger partial charge in [0.15, 0.2) is 5.75 Å². The molecule has 0 amide bonds. The summed E-state index contributed by atoms with van der Waals surface area (Å²) < 4.78 is 5.22. The molecule has 1 rings (SSSR count). The summed E-state index contributed by atoms with van der Waals surface area (Å²) in [5, 5.41) is 18.5. The second-order valence-corrected chi connectivity index (χ2v) is 3.70. The third kappa shape index (κ3) is 3.12. The first-order valence-corrected chi connectivity index (χ1v) is 5.26. The molecule has 0 saturated heterocycles. The maximum absolute atomic E-state index is 10.9. The van der Waals surface area contributed by atoms with Crippen LogP contribution in [0, 0.1) is 0 Å². The van der Waals surface area contributed by atoms with Crippen molar-refractivity contribution in [1.82, 2.24) is 0 Å². The molecule has 0 aromatic heterocycles. The average Bonchev–Trinajstić information content (AvgIpc) is 2.26. The zero-order valence-electron chi connectivity index (χ0n) is 8.81. The predicted molar refractivity (Wildman–Crippen MR) is 60.2 cm³/mol. The number of para-hydroxylation sites is 1. The molecule has 0 spiro atoms. The minimum absolute atomic E-state index is 0.00389. The van der Waals surface area contributed by atoms with Gasteiger partial charge in [-0.15, -0.1) is 0 Å². The molecule has 1 unspecified atom stereocenters. The molecular formula is C11H13ClO4. The first-order valence-electron chi connectivity index (χ1n) is 4.89. The highest BCUT2D eigenvalue weighted by Crippen LogP contribution is 2.28. The van der Waals surface area contributed by atoms with E-state index in [1.165, 1.54) is 12.1 Å². The van der Waals surface area contributed by atoms with E-state index >= 15 is 0 Å². The van der Waals surface area contributed by atoms with Crippen LogP contribution in [0.1, 0.15) is 23.7 Å². The molecule has 0 heterocycles. The van der Waals surface area contributed by atoms with Crippen molar-refractivity contribution in [2.75, 3.05) is 6.61 Å². The van der Waals surface area contributed by atoms with E-state index in [4.69, 9.17) is 21.4 Å². The van der Waals surface area contributed by atoms with Crippen LogP contribution < -0.4 is 4.74 Å². The Labute approximate surface area is 98.4 Å². The molecule has 0 radical (unpaired) electrons. The zero-order valence-corrected chi connectivity index (χ0v) is 9.57. The van der Waals surface area contributed by atoms with Crippen LogP contribution in [0.3, 0.4) is 0 Å². The number of benzene rings is 1. The monoisotopic (exact) mass is 244 g/mol. The molecule has 0 bridgehead atoms. The minimum Gasteiger partial charge on any atom is -0.488 e. The summed E-state index contributed by atoms with van der Waals surface area (Å²) in [4.78, 5) is 10.9. The van der Waals surface area contributed by atoms with Crippen LogP contribution in [-0.2, 0) is 0 Å². The van der Waals surface area contributed by atoms with Crippen molar-refractivity contribution in [1.29, 1.82) is 0 Å². The summed E-state index contributed by atoms with van der Waals surface area (Å²) >= 11 is 5.83. The summed E-state index contributed by atoms with van der Waals surface area (Å²) in [7, 11) is 0. The fourth-order valence-corrected chi connectivity index (χ4v) is 1.35. The van der Waals surface area contributed by atoms with Gasteiger partial charge in [-0.3, -0.25) is 0 Å². The lowest BCUT2D eigenvalue weighted by molar-refractivity contribution is 0.0682. The number of halogens is 1. The quantitative estimate of drug-likeness (QED) is 0.833. The first-order chi connectivity index (χ1) is 7.56. The van der Waals surface area contributed by atoms with Crippen molar-refractivity contribution in [2.45, 2.75) is 19.4 Å². The number of hydrogen-bond donors (Lipinski definition) is 2. The highest BCUT2D eigenvalue weighted by Gasteiger charge is 2.15. The van der Waals surface area contributed by atoms with Gasteiger partial charge in [-0.1, -0.05) is 24.6 Å². The Morgan fingerprint density at radius 2 is 2.25 bits per heavy atom. The third-order valence-electron chi connectivity index (χ3n) is 2.09. The van der Waals surface area contributed by atoms with Crippen LogP contribution in [0.5, 0.6) is 5.75 Å². The molecule has 0 aliphatic rings. The highest BCUT2D eigenvalue weighted by molar-refractivity contribution is 6.32. The van der Waals surface area contributed by atoms with Crippen LogP contribution in [0.4, 0.5) is 0 Å². The number of rotatable bonds is 5. The molecule has 0 aliphatic carbocycles. The Kier molecular flexibility index (Phi) is 4.58. The molecule has 1 atom stereocenters. The van der Waals surface area contributed by atoms with Crippen molar-refractivity contribution in [2.24, 2.45) is 0 Å². The summed E-state index contributed by atoms with van der Waals surface area (Å²) in [6, 6.07) is 4.48. The van der Waals surface area contributed by atoms with E-state index in [0.29, 0.717) is 6.42 Å². The van der Waals surface area contributed by atoms with Crippen LogP contribution >= 0.6 is 11.6 Å². The fourth-order valence-electron chi connectivity index (χ4n) is 1.12. The fraction of sp³-hybridized carbons (Fsp3) is 0.364. The topological polar surface area (TPSA) is 66.8 Å². The SMILES string of the molecule is CCC(O)COc1c(Cl)cccc1C(=O)O. The summed E-state index contributed by atoms with van der Waals surface area (Å²) in [6.07, 6.45) is -0.0923. The van der Waals surface area contributed by atoms with Crippen LogP contribution in [-0.4, -0.2) is 28.9 Å². The number of aliphatic hydroxyl groups is 1. The van der Waals surface area contributed by atoms with E-state index in [2.05, 4.69) is 0 Å². The van der Waals surface area contributed by atoms with Crippen molar-refractivity contribution >= 4 is 17.6 Å². The van der Waals surface area contributed by atoms with Gasteiger partial charge in [0.2, 0.25) is 0 Å². The van der Waals surface area contributed by atoms with E-state index in [-0.39, 0.29) is 22.9 Å². The predicted octanol–water partition coefficient (Wildman–Crippen LogP) is 2.19. The molecule has 1 aromatic carbocycles. The van der Waals surface area contributed by atoms with Gasteiger partial charge in [0.1, 0.15) is 12.2 Å². The number of carboxylic acid groups (broad SMARTS) is 1. The summed E-state index contributed by atoms with van der Waals surface area (Å²) in [5.74, 6) is -1.01. The molecule has 5 heteroatoms. The Morgan fingerprint density at radius 3 is 2.81 bits per heavy atom. The minimum atomic E-state index is -1.11. The Hall–Kier alpha value is -1.26. The van der Waals surface area contributed by atoms with Gasteiger partial charge in [-0.05, 0) is 18.6 Å². The van der Waals surface area contributed by atoms with Gasteiger partial charge in [-0.25, -0.2) is 4.79 Å². The number of aliphatic hydroxyl groups excluding tert-OH is 1. The molecule has 4 nitrogen and oxygen atoms in total. The van der Waals surface area contributed by atoms with E-state index in [9.17, 15) is 9.90 Å². The Morgan fingerprint density at radius 1 is 1.56 bits per heavy atom. The van der Waals surface area contributed by atoms with Crippen LogP contribution in [0.2, 0.25) is 5.02 Å². The lowest BCUT2D eigenvalue weighted by atomic mass is 10.2. The highest BCUT2D eigenvalue weighted by atomic mass is 35.5. The number of aromatic carboxylic acids is 1. The third-order valence-corrected chi connectivity index (χ3v) is 2.39. The molecule has 0 aliphatic heterocycles. The largest absolute Gasteiger partial charge is 0.488 e. The molecular weight excluding hydrogens is 232 g/mol. The molecule has 16 heavy (non-hydrogen) atoms. The number of hydrogen-bond acceptors (Lipinski definition) is 3. The van der Waals surface area contributed by atoms with Gasteiger partial charge in [0, 0.05) is 0 Å². The van der Waals surface area contributed by atoms with Crippen molar-refractivity contribution in [3.05, 3.63) is 28.8 Å². The standard InChI is InChI=1S/C11H13ClO4/c1-2-7(13)6-16-10-8(11(14)15)4-3-5-9(10)12/h3-5,7,13H,2,6H2,1H3,(H,14,15). The second-order valence-electron chi connectivity index (χ2n) is 3.29. The number of carbonyl (C=O) groups is 1. The average molecular weight is 245 g/mol. The van der Waals surface area contributed by atoms with E-state index in [1.54, 1.807) is 13.0 Å². The molecule has 0 fully saturated rings. The number of carboxylic acids is 1. The van der Waals surface area contributed by atoms with E-state index in [0.717, 1.165) is 0 Å². The Balaban J connectivity index is 2.88. The van der Waals surface area contributed by atoms with Crippen LogP contribution in [0.25, 0.3) is 0 Å². The van der Waals surface area contributed by atoms with Gasteiger partial charge in [-0.2, -0.15) is 0 Å². The summed E-state index contributed by atoms with van der Waals surface area (Å²) in [6.45, 7) is 1.83. The van der Waals surface area contributed by atoms with Crippen LogP contribution in [0.15, 0.2) is 18.2 Å². The molecule has 2 N–H and O–H groups in total.